The van der Waals surface area contributed by atoms with E-state index in [-0.39, 0.29) is 36.7 Å². The molecule has 1 heterocycles. The topological polar surface area (TPSA) is 84.9 Å². The summed E-state index contributed by atoms with van der Waals surface area (Å²) >= 11 is 0.897. The number of nitrogens with zero attached hydrogens (tertiary/aromatic N) is 1. The fraction of sp³-hybridized carbons (Fsp3) is 0.190. The van der Waals surface area contributed by atoms with Gasteiger partial charge >= 0.3 is 0 Å². The lowest BCUT2D eigenvalue weighted by molar-refractivity contribution is -0.125. The van der Waals surface area contributed by atoms with Crippen molar-refractivity contribution in [1.29, 1.82) is 0 Å². The number of imide groups is 1. The summed E-state index contributed by atoms with van der Waals surface area (Å²) < 4.78 is 10.4. The van der Waals surface area contributed by atoms with Crippen LogP contribution in [0, 0.1) is 0 Å². The Kier molecular flexibility index (Phi) is 6.91. The van der Waals surface area contributed by atoms with Crippen LogP contribution in [0.25, 0.3) is 6.08 Å². The van der Waals surface area contributed by atoms with Crippen LogP contribution in [0.5, 0.6) is 11.5 Å². The number of amides is 3. The molecule has 0 bridgehead atoms. The number of benzene rings is 2. The third-order valence-corrected chi connectivity index (χ3v) is 4.97. The summed E-state index contributed by atoms with van der Waals surface area (Å²) in [6.45, 7) is 0.0919. The molecule has 0 atom stereocenters. The first-order valence-electron chi connectivity index (χ1n) is 8.91. The predicted octanol–water partition coefficient (Wildman–Crippen LogP) is 2.93. The Bertz CT molecular complexity index is 912. The van der Waals surface area contributed by atoms with Crippen LogP contribution < -0.4 is 14.8 Å². The van der Waals surface area contributed by atoms with E-state index in [1.54, 1.807) is 37.5 Å². The molecule has 29 heavy (non-hydrogen) atoms. The van der Waals surface area contributed by atoms with Gasteiger partial charge in [0.1, 0.15) is 11.5 Å². The van der Waals surface area contributed by atoms with Gasteiger partial charge in [-0.05, 0) is 47.7 Å². The summed E-state index contributed by atoms with van der Waals surface area (Å²) in [5.74, 6) is 0.540. The van der Waals surface area contributed by atoms with Gasteiger partial charge in [0.15, 0.2) is 6.61 Å². The molecule has 1 N–H and O–H groups in total. The molecule has 0 saturated carbocycles. The average Bonchev–Trinajstić information content (AvgIpc) is 3.00. The first-order valence-corrected chi connectivity index (χ1v) is 9.72. The highest BCUT2D eigenvalue weighted by molar-refractivity contribution is 8.18. The number of ether oxygens (including phenoxy) is 2. The van der Waals surface area contributed by atoms with Crippen LogP contribution in [-0.4, -0.2) is 48.8 Å². The van der Waals surface area contributed by atoms with Gasteiger partial charge in [-0.2, -0.15) is 0 Å². The highest BCUT2D eigenvalue weighted by Gasteiger charge is 2.34. The van der Waals surface area contributed by atoms with Crippen LogP contribution in [0.15, 0.2) is 59.5 Å². The quantitative estimate of drug-likeness (QED) is 0.671. The summed E-state index contributed by atoms with van der Waals surface area (Å²) in [6.07, 6.45) is 1.69. The number of carbonyl (C=O) groups is 3. The molecule has 1 aliphatic rings. The van der Waals surface area contributed by atoms with E-state index in [2.05, 4.69) is 5.32 Å². The highest BCUT2D eigenvalue weighted by atomic mass is 32.2. The summed E-state index contributed by atoms with van der Waals surface area (Å²) in [5, 5.41) is 2.30. The van der Waals surface area contributed by atoms with E-state index >= 15 is 0 Å². The second-order valence-electron chi connectivity index (χ2n) is 6.06. The fourth-order valence-electron chi connectivity index (χ4n) is 2.57. The molecule has 3 rings (SSSR count). The Labute approximate surface area is 172 Å². The molecule has 0 radical (unpaired) electrons. The SMILES string of the molecule is COc1ccc(OCC(=O)NCCN2C(=O)S/C(=C\c3ccccc3)C2=O)cc1. The standard InChI is InChI=1S/C21H20N2O5S/c1-27-16-7-9-17(10-8-16)28-14-19(24)22-11-12-23-20(25)18(29-21(23)26)13-15-5-3-2-4-6-15/h2-10,13H,11-12,14H2,1H3,(H,22,24)/b18-13-. The zero-order valence-electron chi connectivity index (χ0n) is 15.8. The van der Waals surface area contributed by atoms with Gasteiger partial charge in [0.25, 0.3) is 17.1 Å². The van der Waals surface area contributed by atoms with Gasteiger partial charge in [-0.25, -0.2) is 0 Å². The Hall–Kier alpha value is -3.26. The lowest BCUT2D eigenvalue weighted by atomic mass is 10.2. The third kappa shape index (κ3) is 5.61. The zero-order valence-corrected chi connectivity index (χ0v) is 16.6. The van der Waals surface area contributed by atoms with Crippen molar-refractivity contribution in [3.8, 4) is 11.5 Å². The summed E-state index contributed by atoms with van der Waals surface area (Å²) in [7, 11) is 1.57. The van der Waals surface area contributed by atoms with Crippen LogP contribution in [0.4, 0.5) is 4.79 Å². The molecular formula is C21H20N2O5S. The zero-order chi connectivity index (χ0) is 20.6. The Morgan fingerprint density at radius 3 is 2.45 bits per heavy atom. The van der Waals surface area contributed by atoms with Gasteiger partial charge in [0.2, 0.25) is 0 Å². The first-order chi connectivity index (χ1) is 14.1. The number of carbonyl (C=O) groups excluding carboxylic acids is 3. The number of hydrogen-bond acceptors (Lipinski definition) is 6. The van der Waals surface area contributed by atoms with E-state index in [0.717, 1.165) is 22.2 Å². The van der Waals surface area contributed by atoms with Crippen molar-refractivity contribution in [2.75, 3.05) is 26.8 Å². The number of nitrogens with one attached hydrogen (secondary N) is 1. The van der Waals surface area contributed by atoms with Crippen molar-refractivity contribution in [3.63, 3.8) is 0 Å². The maximum atomic E-state index is 12.4. The monoisotopic (exact) mass is 412 g/mol. The van der Waals surface area contributed by atoms with E-state index in [9.17, 15) is 14.4 Å². The maximum Gasteiger partial charge on any atom is 0.293 e. The minimum atomic E-state index is -0.354. The molecule has 1 fully saturated rings. The third-order valence-electron chi connectivity index (χ3n) is 4.06. The summed E-state index contributed by atoms with van der Waals surface area (Å²) in [4.78, 5) is 37.9. The van der Waals surface area contributed by atoms with Crippen LogP contribution >= 0.6 is 11.8 Å². The van der Waals surface area contributed by atoms with Gasteiger partial charge in [0, 0.05) is 13.1 Å². The molecule has 0 spiro atoms. The van der Waals surface area contributed by atoms with Gasteiger partial charge in [-0.3, -0.25) is 19.3 Å². The van der Waals surface area contributed by atoms with E-state index in [0.29, 0.717) is 16.4 Å². The smallest absolute Gasteiger partial charge is 0.293 e. The van der Waals surface area contributed by atoms with Crippen molar-refractivity contribution in [2.45, 2.75) is 0 Å². The molecule has 2 aromatic carbocycles. The molecule has 2 aromatic rings. The normalized spacial score (nSPS) is 14.9. The number of hydrogen-bond donors (Lipinski definition) is 1. The van der Waals surface area contributed by atoms with Crippen LogP contribution in [0.2, 0.25) is 0 Å². The number of rotatable bonds is 8. The Morgan fingerprint density at radius 1 is 1.07 bits per heavy atom. The lowest BCUT2D eigenvalue weighted by Crippen LogP contribution is -2.38. The summed E-state index contributed by atoms with van der Waals surface area (Å²) in [6, 6.07) is 16.2. The van der Waals surface area contributed by atoms with Gasteiger partial charge < -0.3 is 14.8 Å². The van der Waals surface area contributed by atoms with Crippen LogP contribution in [0.3, 0.4) is 0 Å². The molecule has 1 saturated heterocycles. The second kappa shape index (κ2) is 9.79. The molecule has 0 aromatic heterocycles. The van der Waals surface area contributed by atoms with Crippen molar-refractivity contribution in [3.05, 3.63) is 65.1 Å². The predicted molar refractivity (Wildman–Crippen MR) is 111 cm³/mol. The highest BCUT2D eigenvalue weighted by Crippen LogP contribution is 2.31. The molecule has 1 aliphatic heterocycles. The van der Waals surface area contributed by atoms with Crippen LogP contribution in [0.1, 0.15) is 5.56 Å². The molecular weight excluding hydrogens is 392 g/mol. The average molecular weight is 412 g/mol. The van der Waals surface area contributed by atoms with Gasteiger partial charge in [-0.15, -0.1) is 0 Å². The van der Waals surface area contributed by atoms with E-state index in [4.69, 9.17) is 9.47 Å². The lowest BCUT2D eigenvalue weighted by Gasteiger charge is -2.13. The van der Waals surface area contributed by atoms with E-state index in [1.165, 1.54) is 0 Å². The summed E-state index contributed by atoms with van der Waals surface area (Å²) in [5.41, 5.74) is 0.849. The Morgan fingerprint density at radius 2 is 1.76 bits per heavy atom. The van der Waals surface area contributed by atoms with E-state index < -0.39 is 0 Å². The number of thioether (sulfide) groups is 1. The van der Waals surface area contributed by atoms with E-state index in [1.807, 2.05) is 30.3 Å². The molecule has 7 nitrogen and oxygen atoms in total. The number of methoxy groups -OCH3 is 1. The molecule has 3 amide bonds. The molecule has 8 heteroatoms. The Balaban J connectivity index is 1.44. The molecule has 0 aliphatic carbocycles. The minimum Gasteiger partial charge on any atom is -0.497 e. The van der Waals surface area contributed by atoms with Gasteiger partial charge in [0.05, 0.1) is 12.0 Å². The van der Waals surface area contributed by atoms with Crippen molar-refractivity contribution in [1.82, 2.24) is 10.2 Å². The fourth-order valence-corrected chi connectivity index (χ4v) is 3.44. The second-order valence-corrected chi connectivity index (χ2v) is 7.05. The first kappa shape index (κ1) is 20.5. The van der Waals surface area contributed by atoms with Crippen molar-refractivity contribution < 1.29 is 23.9 Å². The van der Waals surface area contributed by atoms with Crippen LogP contribution in [-0.2, 0) is 9.59 Å². The van der Waals surface area contributed by atoms with Gasteiger partial charge in [-0.1, -0.05) is 30.3 Å². The maximum absolute atomic E-state index is 12.4. The molecule has 150 valence electrons. The minimum absolute atomic E-state index is 0.102. The van der Waals surface area contributed by atoms with Crippen molar-refractivity contribution in [2.24, 2.45) is 0 Å². The molecule has 0 unspecified atom stereocenters. The van der Waals surface area contributed by atoms with Crippen molar-refractivity contribution >= 4 is 34.9 Å². The largest absolute Gasteiger partial charge is 0.497 e.